The molecule has 1 aliphatic carbocycles. The summed E-state index contributed by atoms with van der Waals surface area (Å²) < 4.78 is 11.0. The third-order valence-corrected chi connectivity index (χ3v) is 3.38. The number of rotatable bonds is 6. The molecule has 3 N–H and O–H groups in total. The van der Waals surface area contributed by atoms with Gasteiger partial charge in [0.15, 0.2) is 11.5 Å². The second kappa shape index (κ2) is 5.78. The van der Waals surface area contributed by atoms with Crippen LogP contribution in [0, 0.1) is 5.92 Å². The zero-order valence-corrected chi connectivity index (χ0v) is 11.1. The molecule has 1 unspecified atom stereocenters. The predicted octanol–water partition coefficient (Wildman–Crippen LogP) is 2.13. The lowest BCUT2D eigenvalue weighted by Gasteiger charge is -2.16. The molecule has 0 aromatic heterocycles. The first-order valence-electron chi connectivity index (χ1n) is 6.02. The maximum Gasteiger partial charge on any atom is 0.162 e. The zero-order valence-electron chi connectivity index (χ0n) is 10.4. The van der Waals surface area contributed by atoms with Crippen molar-refractivity contribution >= 4 is 11.6 Å². The molecule has 1 aromatic rings. The highest BCUT2D eigenvalue weighted by molar-refractivity contribution is 6.31. The van der Waals surface area contributed by atoms with E-state index in [-0.39, 0.29) is 6.61 Å². The van der Waals surface area contributed by atoms with Gasteiger partial charge in [0.1, 0.15) is 0 Å². The van der Waals surface area contributed by atoms with Gasteiger partial charge in [-0.1, -0.05) is 11.6 Å². The molecular formula is C13H18ClNO3. The van der Waals surface area contributed by atoms with Gasteiger partial charge >= 0.3 is 0 Å². The van der Waals surface area contributed by atoms with Crippen molar-refractivity contribution in [2.24, 2.45) is 11.7 Å². The lowest BCUT2D eigenvalue weighted by Crippen LogP contribution is -2.15. The second-order valence-electron chi connectivity index (χ2n) is 4.57. The second-order valence-corrected chi connectivity index (χ2v) is 4.98. The quantitative estimate of drug-likeness (QED) is 0.832. The number of hydrogen-bond donors (Lipinski definition) is 2. The minimum Gasteiger partial charge on any atom is -0.493 e. The van der Waals surface area contributed by atoms with E-state index in [4.69, 9.17) is 31.9 Å². The monoisotopic (exact) mass is 271 g/mol. The van der Waals surface area contributed by atoms with Crippen molar-refractivity contribution < 1.29 is 14.6 Å². The SMILES string of the molecule is COc1cc(C(N)CO)c(Cl)cc1OCC1CC1. The van der Waals surface area contributed by atoms with Crippen LogP contribution in [0.15, 0.2) is 12.1 Å². The average molecular weight is 272 g/mol. The van der Waals surface area contributed by atoms with E-state index in [1.807, 2.05) is 0 Å². The van der Waals surface area contributed by atoms with Gasteiger partial charge in [-0.3, -0.25) is 0 Å². The van der Waals surface area contributed by atoms with Crippen LogP contribution in [0.25, 0.3) is 0 Å². The van der Waals surface area contributed by atoms with Crippen LogP contribution >= 0.6 is 11.6 Å². The van der Waals surface area contributed by atoms with Gasteiger partial charge in [-0.05, 0) is 30.4 Å². The van der Waals surface area contributed by atoms with E-state index >= 15 is 0 Å². The summed E-state index contributed by atoms with van der Waals surface area (Å²) in [5.41, 5.74) is 6.43. The first kappa shape index (κ1) is 13.5. The van der Waals surface area contributed by atoms with Gasteiger partial charge in [0, 0.05) is 11.1 Å². The highest BCUT2D eigenvalue weighted by Gasteiger charge is 2.23. The van der Waals surface area contributed by atoms with Crippen LogP contribution in [0.2, 0.25) is 5.02 Å². The van der Waals surface area contributed by atoms with E-state index in [0.29, 0.717) is 34.6 Å². The molecule has 4 nitrogen and oxygen atoms in total. The third-order valence-electron chi connectivity index (χ3n) is 3.05. The molecule has 0 radical (unpaired) electrons. The Bertz CT molecular complexity index is 421. The van der Waals surface area contributed by atoms with Crippen LogP contribution in [0.4, 0.5) is 0 Å². The summed E-state index contributed by atoms with van der Waals surface area (Å²) in [6, 6.07) is 2.92. The minimum atomic E-state index is -0.510. The maximum absolute atomic E-state index is 9.07. The largest absolute Gasteiger partial charge is 0.493 e. The normalized spacial score (nSPS) is 16.4. The van der Waals surface area contributed by atoms with Crippen molar-refractivity contribution in [3.05, 3.63) is 22.7 Å². The zero-order chi connectivity index (χ0) is 13.1. The van der Waals surface area contributed by atoms with Crippen molar-refractivity contribution in [2.45, 2.75) is 18.9 Å². The lowest BCUT2D eigenvalue weighted by atomic mass is 10.1. The molecule has 2 rings (SSSR count). The number of ether oxygens (including phenoxy) is 2. The van der Waals surface area contributed by atoms with Crippen molar-refractivity contribution in [3.8, 4) is 11.5 Å². The van der Waals surface area contributed by atoms with Crippen LogP contribution < -0.4 is 15.2 Å². The molecule has 0 spiro atoms. The topological polar surface area (TPSA) is 64.7 Å². The Morgan fingerprint density at radius 1 is 1.44 bits per heavy atom. The molecule has 5 heteroatoms. The molecular weight excluding hydrogens is 254 g/mol. The Morgan fingerprint density at radius 2 is 2.17 bits per heavy atom. The number of aliphatic hydroxyl groups is 1. The smallest absolute Gasteiger partial charge is 0.162 e. The molecule has 1 saturated carbocycles. The van der Waals surface area contributed by atoms with Gasteiger partial charge in [-0.25, -0.2) is 0 Å². The molecule has 0 heterocycles. The Hall–Kier alpha value is -0.970. The van der Waals surface area contributed by atoms with E-state index < -0.39 is 6.04 Å². The Labute approximate surface area is 112 Å². The van der Waals surface area contributed by atoms with E-state index in [1.165, 1.54) is 12.8 Å². The summed E-state index contributed by atoms with van der Waals surface area (Å²) in [6.07, 6.45) is 2.45. The molecule has 1 fully saturated rings. The Kier molecular flexibility index (Phi) is 4.32. The molecule has 0 amide bonds. The van der Waals surface area contributed by atoms with Crippen LogP contribution in [0.1, 0.15) is 24.4 Å². The molecule has 1 aromatic carbocycles. The molecule has 18 heavy (non-hydrogen) atoms. The fourth-order valence-electron chi connectivity index (χ4n) is 1.70. The van der Waals surface area contributed by atoms with E-state index in [0.717, 1.165) is 0 Å². The summed E-state index contributed by atoms with van der Waals surface area (Å²) in [4.78, 5) is 0. The van der Waals surface area contributed by atoms with Gasteiger partial charge in [0.05, 0.1) is 26.4 Å². The number of hydrogen-bond acceptors (Lipinski definition) is 4. The van der Waals surface area contributed by atoms with E-state index in [2.05, 4.69) is 0 Å². The van der Waals surface area contributed by atoms with Gasteiger partial charge in [0.2, 0.25) is 0 Å². The standard InChI is InChI=1S/C13H18ClNO3/c1-17-12-4-9(11(15)6-16)10(14)5-13(12)18-7-8-2-3-8/h4-5,8,11,16H,2-3,6-7,15H2,1H3. The Balaban J connectivity index is 2.20. The van der Waals surface area contributed by atoms with Crippen LogP contribution in [-0.2, 0) is 0 Å². The highest BCUT2D eigenvalue weighted by Crippen LogP contribution is 2.37. The lowest BCUT2D eigenvalue weighted by molar-refractivity contribution is 0.266. The third kappa shape index (κ3) is 3.07. The van der Waals surface area contributed by atoms with Crippen LogP contribution in [-0.4, -0.2) is 25.4 Å². The fraction of sp³-hybridized carbons (Fsp3) is 0.538. The summed E-state index contributed by atoms with van der Waals surface area (Å²) in [7, 11) is 1.57. The molecule has 0 saturated heterocycles. The number of methoxy groups -OCH3 is 1. The van der Waals surface area contributed by atoms with E-state index in [1.54, 1.807) is 19.2 Å². The molecule has 1 atom stereocenters. The van der Waals surface area contributed by atoms with Crippen molar-refractivity contribution in [2.75, 3.05) is 20.3 Å². The van der Waals surface area contributed by atoms with Gasteiger partial charge in [-0.15, -0.1) is 0 Å². The number of halogens is 1. The summed E-state index contributed by atoms with van der Waals surface area (Å²) in [5, 5.41) is 9.56. The summed E-state index contributed by atoms with van der Waals surface area (Å²) in [6.45, 7) is 0.531. The fourth-order valence-corrected chi connectivity index (χ4v) is 1.99. The first-order chi connectivity index (χ1) is 8.65. The summed E-state index contributed by atoms with van der Waals surface area (Å²) >= 11 is 6.14. The average Bonchev–Trinajstić information content (AvgIpc) is 3.19. The van der Waals surface area contributed by atoms with Crippen molar-refractivity contribution in [1.29, 1.82) is 0 Å². The van der Waals surface area contributed by atoms with Gasteiger partial charge < -0.3 is 20.3 Å². The van der Waals surface area contributed by atoms with Gasteiger partial charge in [-0.2, -0.15) is 0 Å². The highest BCUT2D eigenvalue weighted by atomic mass is 35.5. The number of nitrogens with two attached hydrogens (primary N) is 1. The molecule has 0 bridgehead atoms. The predicted molar refractivity (Wildman–Crippen MR) is 70.2 cm³/mol. The van der Waals surface area contributed by atoms with Crippen LogP contribution in [0.5, 0.6) is 11.5 Å². The number of benzene rings is 1. The molecule has 0 aliphatic heterocycles. The van der Waals surface area contributed by atoms with Crippen molar-refractivity contribution in [3.63, 3.8) is 0 Å². The Morgan fingerprint density at radius 3 is 2.72 bits per heavy atom. The van der Waals surface area contributed by atoms with E-state index in [9.17, 15) is 0 Å². The van der Waals surface area contributed by atoms with Gasteiger partial charge in [0.25, 0.3) is 0 Å². The minimum absolute atomic E-state index is 0.162. The maximum atomic E-state index is 9.07. The number of aliphatic hydroxyl groups excluding tert-OH is 1. The van der Waals surface area contributed by atoms with Crippen molar-refractivity contribution in [1.82, 2.24) is 0 Å². The first-order valence-corrected chi connectivity index (χ1v) is 6.40. The molecule has 1 aliphatic rings. The van der Waals surface area contributed by atoms with Crippen LogP contribution in [0.3, 0.4) is 0 Å². The molecule has 100 valence electrons. The summed E-state index contributed by atoms with van der Waals surface area (Å²) in [5.74, 6) is 1.88.